The van der Waals surface area contributed by atoms with Gasteiger partial charge in [0.25, 0.3) is 5.91 Å². The van der Waals surface area contributed by atoms with Crippen LogP contribution in [0.4, 0.5) is 13.2 Å². The van der Waals surface area contributed by atoms with Crippen molar-refractivity contribution in [2.75, 3.05) is 13.7 Å². The van der Waals surface area contributed by atoms with Crippen molar-refractivity contribution in [3.05, 3.63) is 87.8 Å². The number of nitrogens with zero attached hydrogens (tertiary/aromatic N) is 1. The molecule has 1 aliphatic rings. The molecule has 3 aromatic rings. The van der Waals surface area contributed by atoms with Crippen LogP contribution in [0, 0.1) is 11.3 Å². The van der Waals surface area contributed by atoms with E-state index in [0.717, 1.165) is 17.5 Å². The molecule has 2 aromatic carbocycles. The highest BCUT2D eigenvalue weighted by Crippen LogP contribution is 2.32. The van der Waals surface area contributed by atoms with E-state index in [0.29, 0.717) is 29.7 Å². The summed E-state index contributed by atoms with van der Waals surface area (Å²) in [5, 5.41) is 25.2. The van der Waals surface area contributed by atoms with Gasteiger partial charge in [0.05, 0.1) is 13.0 Å². The molecule has 1 aromatic heterocycles. The van der Waals surface area contributed by atoms with Gasteiger partial charge in [0.15, 0.2) is 0 Å². The molecule has 228 valence electrons. The molecule has 1 unspecified atom stereocenters. The summed E-state index contributed by atoms with van der Waals surface area (Å²) in [7, 11) is 1.30. The maximum absolute atomic E-state index is 13.5. The molecule has 1 amide bonds. The number of rotatable bonds is 7. The van der Waals surface area contributed by atoms with E-state index < -0.39 is 30.1 Å². The summed E-state index contributed by atoms with van der Waals surface area (Å²) in [6.45, 7) is 0.498. The fraction of sp³-hybridized carbons (Fsp3) is 0.276. The molecule has 43 heavy (non-hydrogen) atoms. The highest BCUT2D eigenvalue weighted by Gasteiger charge is 2.40. The zero-order valence-corrected chi connectivity index (χ0v) is 22.9. The molecule has 0 aliphatic carbocycles. The zero-order chi connectivity index (χ0) is 31.9. The van der Waals surface area contributed by atoms with Crippen LogP contribution in [0.5, 0.6) is 5.75 Å². The molecule has 0 saturated carbocycles. The first kappa shape index (κ1) is 32.4. The number of amidine groups is 1. The highest BCUT2D eigenvalue weighted by molar-refractivity contribution is 5.96. The maximum atomic E-state index is 13.5. The van der Waals surface area contributed by atoms with Gasteiger partial charge in [0, 0.05) is 36.0 Å². The van der Waals surface area contributed by atoms with Gasteiger partial charge in [-0.2, -0.15) is 13.2 Å². The number of carboxylic acid groups (broad SMARTS) is 1. The van der Waals surface area contributed by atoms with E-state index in [2.05, 4.69) is 4.98 Å². The number of amides is 1. The molecule has 2 heterocycles. The van der Waals surface area contributed by atoms with Crippen LogP contribution in [-0.4, -0.2) is 69.7 Å². The Morgan fingerprint density at radius 1 is 1.09 bits per heavy atom. The molecular formula is C29H29F3N4O7. The molecule has 11 nitrogen and oxygen atoms in total. The van der Waals surface area contributed by atoms with Gasteiger partial charge in [-0.15, -0.1) is 0 Å². The first-order chi connectivity index (χ1) is 20.2. The number of nitrogens with two attached hydrogens (primary N) is 1. The summed E-state index contributed by atoms with van der Waals surface area (Å²) in [5.74, 6) is -4.28. The van der Waals surface area contributed by atoms with E-state index in [4.69, 9.17) is 25.8 Å². The Bertz CT molecular complexity index is 1530. The van der Waals surface area contributed by atoms with Crippen LogP contribution in [0.25, 0.3) is 11.1 Å². The van der Waals surface area contributed by atoms with Crippen LogP contribution in [-0.2, 0) is 20.7 Å². The van der Waals surface area contributed by atoms with E-state index in [1.807, 2.05) is 12.1 Å². The van der Waals surface area contributed by atoms with Gasteiger partial charge in [-0.05, 0) is 72.4 Å². The summed E-state index contributed by atoms with van der Waals surface area (Å²) in [5.41, 5.74) is 8.47. The number of alkyl halides is 3. The van der Waals surface area contributed by atoms with Crippen molar-refractivity contribution in [3.63, 3.8) is 0 Å². The number of halogens is 3. The number of esters is 1. The van der Waals surface area contributed by atoms with Crippen molar-refractivity contribution >= 4 is 23.7 Å². The minimum Gasteiger partial charge on any atom is -0.508 e. The Balaban J connectivity index is 0.000000646. The predicted octanol–water partition coefficient (Wildman–Crippen LogP) is 3.30. The number of aromatic nitrogens is 1. The second-order valence-electron chi connectivity index (χ2n) is 9.62. The maximum Gasteiger partial charge on any atom is 0.490 e. The van der Waals surface area contributed by atoms with Crippen molar-refractivity contribution in [2.45, 2.75) is 31.5 Å². The normalized spacial score (nSPS) is 15.2. The number of aromatic hydroxyl groups is 1. The molecule has 0 spiro atoms. The molecule has 0 bridgehead atoms. The Morgan fingerprint density at radius 2 is 1.70 bits per heavy atom. The number of nitrogen functional groups attached to an aromatic ring is 1. The van der Waals surface area contributed by atoms with Gasteiger partial charge in [0.2, 0.25) is 5.56 Å². The molecule has 6 N–H and O–H groups in total. The average molecular weight is 603 g/mol. The lowest BCUT2D eigenvalue weighted by Crippen LogP contribution is -2.44. The number of phenolic OH excluding ortho intramolecular Hbond substituents is 1. The Labute approximate surface area is 243 Å². The number of aliphatic carboxylic acids is 1. The van der Waals surface area contributed by atoms with Gasteiger partial charge in [0.1, 0.15) is 11.6 Å². The molecule has 4 rings (SSSR count). The number of hydrogen-bond donors (Lipinski definition) is 5. The SMILES string of the molecule is COC(=O)C(Cc1cc(C(=N)N)ccc1O)[C@H]1CCCN1C(=O)c1ccc(-c2ccc(=O)[nH]c2)cc1.O=C(O)C(F)(F)F. The predicted molar refractivity (Wildman–Crippen MR) is 149 cm³/mol. The van der Waals surface area contributed by atoms with Crippen LogP contribution < -0.4 is 11.3 Å². The number of phenols is 1. The second-order valence-corrected chi connectivity index (χ2v) is 9.62. The number of likely N-dealkylation sites (tertiary alicyclic amines) is 1. The minimum atomic E-state index is -5.08. The van der Waals surface area contributed by atoms with Crippen LogP contribution in [0.3, 0.4) is 0 Å². The van der Waals surface area contributed by atoms with Crippen LogP contribution in [0.1, 0.15) is 34.3 Å². The quantitative estimate of drug-likeness (QED) is 0.155. The number of pyridine rings is 1. The zero-order valence-electron chi connectivity index (χ0n) is 22.9. The van der Waals surface area contributed by atoms with Gasteiger partial charge in [-0.1, -0.05) is 12.1 Å². The average Bonchev–Trinajstić information content (AvgIpc) is 3.46. The molecule has 2 atom stereocenters. The number of ether oxygens (including phenoxy) is 1. The van der Waals surface area contributed by atoms with Crippen molar-refractivity contribution in [1.82, 2.24) is 9.88 Å². The fourth-order valence-corrected chi connectivity index (χ4v) is 4.71. The van der Waals surface area contributed by atoms with E-state index >= 15 is 0 Å². The number of carboxylic acids is 1. The number of hydrogen-bond acceptors (Lipinski definition) is 7. The van der Waals surface area contributed by atoms with Gasteiger partial charge >= 0.3 is 18.1 Å². The summed E-state index contributed by atoms with van der Waals surface area (Å²) < 4.78 is 36.8. The summed E-state index contributed by atoms with van der Waals surface area (Å²) in [6.07, 6.45) is -1.97. The third kappa shape index (κ3) is 8.21. The number of nitrogens with one attached hydrogen (secondary N) is 2. The van der Waals surface area contributed by atoms with E-state index in [-0.39, 0.29) is 29.5 Å². The standard InChI is InChI=1S/C27H28N4O5.C2HF3O2/c1-36-27(35)21(14-20-13-18(25(28)29)8-10-23(20)32)22-3-2-12-31(22)26(34)17-6-4-16(5-7-17)19-9-11-24(33)30-15-19;3-2(4,5)1(6)7/h4-11,13,15,21-22,32H,2-3,12,14H2,1H3,(H3,28,29)(H,30,33);(H,6,7)/t21?,22-;/m1./s1. The monoisotopic (exact) mass is 602 g/mol. The van der Waals surface area contributed by atoms with Crippen LogP contribution >= 0.6 is 0 Å². The second kappa shape index (κ2) is 13.7. The first-order valence-corrected chi connectivity index (χ1v) is 12.9. The number of carbonyl (C=O) groups excluding carboxylic acids is 2. The fourth-order valence-electron chi connectivity index (χ4n) is 4.71. The summed E-state index contributed by atoms with van der Waals surface area (Å²) >= 11 is 0. The number of aromatic amines is 1. The first-order valence-electron chi connectivity index (χ1n) is 12.9. The van der Waals surface area contributed by atoms with E-state index in [9.17, 15) is 32.7 Å². The Kier molecular flexibility index (Phi) is 10.3. The van der Waals surface area contributed by atoms with Crippen LogP contribution in [0.15, 0.2) is 65.6 Å². The topological polar surface area (TPSA) is 187 Å². The van der Waals surface area contributed by atoms with Crippen molar-refractivity contribution in [1.29, 1.82) is 5.41 Å². The minimum absolute atomic E-state index is 0.0115. The lowest BCUT2D eigenvalue weighted by Gasteiger charge is -2.30. The molecular weight excluding hydrogens is 573 g/mol. The Morgan fingerprint density at radius 3 is 2.23 bits per heavy atom. The number of methoxy groups -OCH3 is 1. The van der Waals surface area contributed by atoms with E-state index in [1.165, 1.54) is 25.3 Å². The Hall–Kier alpha value is -5.14. The largest absolute Gasteiger partial charge is 0.508 e. The van der Waals surface area contributed by atoms with E-state index in [1.54, 1.807) is 35.4 Å². The van der Waals surface area contributed by atoms with Gasteiger partial charge < -0.3 is 30.6 Å². The molecule has 1 saturated heterocycles. The van der Waals surface area contributed by atoms with Gasteiger partial charge in [-0.3, -0.25) is 19.8 Å². The van der Waals surface area contributed by atoms with Crippen molar-refractivity contribution in [3.8, 4) is 16.9 Å². The van der Waals surface area contributed by atoms with Crippen LogP contribution in [0.2, 0.25) is 0 Å². The number of H-pyrrole nitrogens is 1. The molecule has 1 fully saturated rings. The summed E-state index contributed by atoms with van der Waals surface area (Å²) in [4.78, 5) is 50.8. The third-order valence-corrected chi connectivity index (χ3v) is 6.85. The van der Waals surface area contributed by atoms with Crippen molar-refractivity contribution < 1.29 is 42.5 Å². The molecule has 0 radical (unpaired) electrons. The molecule has 1 aliphatic heterocycles. The molecule has 14 heteroatoms. The lowest BCUT2D eigenvalue weighted by atomic mass is 9.89. The summed E-state index contributed by atoms with van der Waals surface area (Å²) in [6, 6.07) is 14.4. The highest BCUT2D eigenvalue weighted by atomic mass is 19.4. The number of benzene rings is 2. The van der Waals surface area contributed by atoms with Crippen molar-refractivity contribution in [2.24, 2.45) is 11.7 Å². The number of carbonyl (C=O) groups is 3. The van der Waals surface area contributed by atoms with Gasteiger partial charge in [-0.25, -0.2) is 4.79 Å². The third-order valence-electron chi connectivity index (χ3n) is 6.85. The lowest BCUT2D eigenvalue weighted by molar-refractivity contribution is -0.192. The smallest absolute Gasteiger partial charge is 0.490 e.